The fourth-order valence-electron chi connectivity index (χ4n) is 2.08. The molecule has 1 saturated heterocycles. The molecule has 0 spiro atoms. The lowest BCUT2D eigenvalue weighted by molar-refractivity contribution is 0.0572. The Morgan fingerprint density at radius 3 is 2.19 bits per heavy atom. The molecule has 0 aromatic heterocycles. The number of rotatable bonds is 2. The lowest BCUT2D eigenvalue weighted by Gasteiger charge is -2.20. The van der Waals surface area contributed by atoms with Gasteiger partial charge in [0, 0.05) is 0 Å². The minimum atomic E-state index is -0.205. The van der Waals surface area contributed by atoms with E-state index in [4.69, 9.17) is 4.74 Å². The summed E-state index contributed by atoms with van der Waals surface area (Å²) in [4.78, 5) is 25.4. The summed E-state index contributed by atoms with van der Waals surface area (Å²) >= 11 is 0. The first-order valence-corrected chi connectivity index (χ1v) is 5.28. The molecule has 0 bridgehead atoms. The van der Waals surface area contributed by atoms with Crippen LogP contribution in [0, 0.1) is 0 Å². The molecule has 1 aromatic rings. The molecule has 16 heavy (non-hydrogen) atoms. The highest BCUT2D eigenvalue weighted by molar-refractivity contribution is 6.21. The third-order valence-electron chi connectivity index (χ3n) is 3.13. The largest absolute Gasteiger partial charge is 0.371 e. The molecule has 0 radical (unpaired) electrons. The van der Waals surface area contributed by atoms with Crippen molar-refractivity contribution in [1.82, 2.24) is 4.90 Å². The van der Waals surface area contributed by atoms with E-state index in [0.29, 0.717) is 17.7 Å². The molecule has 82 valence electrons. The molecule has 4 heteroatoms. The Morgan fingerprint density at radius 2 is 1.75 bits per heavy atom. The molecule has 2 aliphatic heterocycles. The van der Waals surface area contributed by atoms with Crippen LogP contribution in [0.3, 0.4) is 0 Å². The number of carbonyl (C=O) groups is 2. The first kappa shape index (κ1) is 9.54. The zero-order valence-corrected chi connectivity index (χ0v) is 8.84. The summed E-state index contributed by atoms with van der Waals surface area (Å²) in [6, 6.07) is 6.75. The summed E-state index contributed by atoms with van der Waals surface area (Å²) < 4.78 is 5.13. The van der Waals surface area contributed by atoms with Crippen molar-refractivity contribution in [3.63, 3.8) is 0 Å². The lowest BCUT2D eigenvalue weighted by Crippen LogP contribution is -2.41. The van der Waals surface area contributed by atoms with Gasteiger partial charge in [-0.05, 0) is 19.1 Å². The molecular formula is C12H11NO3. The fourth-order valence-corrected chi connectivity index (χ4v) is 2.08. The summed E-state index contributed by atoms with van der Waals surface area (Å²) in [7, 11) is 0. The van der Waals surface area contributed by atoms with Gasteiger partial charge < -0.3 is 4.74 Å². The minimum Gasteiger partial charge on any atom is -0.371 e. The van der Waals surface area contributed by atoms with E-state index < -0.39 is 0 Å². The molecule has 1 fully saturated rings. The van der Waals surface area contributed by atoms with Crippen LogP contribution in [-0.4, -0.2) is 35.5 Å². The number of epoxide rings is 1. The number of nitrogens with zero attached hydrogens (tertiary/aromatic N) is 1. The van der Waals surface area contributed by atoms with Crippen LogP contribution in [0.1, 0.15) is 27.6 Å². The molecule has 2 aliphatic rings. The number of ether oxygens (including phenoxy) is 1. The standard InChI is InChI=1S/C12H11NO3/c1-7(10-6-16-10)13-11(14)8-4-2-3-5-9(8)12(13)15/h2-5,7,10H,6H2,1H3/t7-,10-/m0/s1. The van der Waals surface area contributed by atoms with E-state index in [2.05, 4.69) is 0 Å². The summed E-state index contributed by atoms with van der Waals surface area (Å²) in [5.74, 6) is -0.410. The Balaban J connectivity index is 2.00. The number of hydrogen-bond acceptors (Lipinski definition) is 3. The molecule has 2 amide bonds. The van der Waals surface area contributed by atoms with Crippen molar-refractivity contribution in [2.24, 2.45) is 0 Å². The number of hydrogen-bond donors (Lipinski definition) is 0. The molecule has 0 unspecified atom stereocenters. The smallest absolute Gasteiger partial charge is 0.261 e. The van der Waals surface area contributed by atoms with Gasteiger partial charge in [-0.15, -0.1) is 0 Å². The third-order valence-corrected chi connectivity index (χ3v) is 3.13. The van der Waals surface area contributed by atoms with Crippen molar-refractivity contribution in [2.75, 3.05) is 6.61 Å². The van der Waals surface area contributed by atoms with Crippen LogP contribution >= 0.6 is 0 Å². The summed E-state index contributed by atoms with van der Waals surface area (Å²) in [6.07, 6.45) is 0.0159. The maximum atomic E-state index is 12.0. The van der Waals surface area contributed by atoms with Crippen molar-refractivity contribution in [3.05, 3.63) is 35.4 Å². The predicted octanol–water partition coefficient (Wildman–Crippen LogP) is 1.07. The van der Waals surface area contributed by atoms with Crippen LogP contribution in [-0.2, 0) is 4.74 Å². The Kier molecular flexibility index (Phi) is 1.88. The minimum absolute atomic E-state index is 0.0159. The van der Waals surface area contributed by atoms with Gasteiger partial charge in [-0.1, -0.05) is 12.1 Å². The number of carbonyl (C=O) groups excluding carboxylic acids is 2. The van der Waals surface area contributed by atoms with Crippen LogP contribution in [0.15, 0.2) is 24.3 Å². The Labute approximate surface area is 92.8 Å². The topological polar surface area (TPSA) is 49.9 Å². The molecule has 1 aromatic carbocycles. The molecule has 2 heterocycles. The maximum absolute atomic E-state index is 12.0. The van der Waals surface area contributed by atoms with Crippen molar-refractivity contribution in [2.45, 2.75) is 19.1 Å². The van der Waals surface area contributed by atoms with Gasteiger partial charge in [-0.25, -0.2) is 0 Å². The second kappa shape index (κ2) is 3.15. The zero-order valence-electron chi connectivity index (χ0n) is 8.84. The van der Waals surface area contributed by atoms with Crippen LogP contribution in [0.5, 0.6) is 0 Å². The Hall–Kier alpha value is -1.68. The molecule has 3 rings (SSSR count). The van der Waals surface area contributed by atoms with Gasteiger partial charge in [0.25, 0.3) is 11.8 Å². The van der Waals surface area contributed by atoms with E-state index >= 15 is 0 Å². The Bertz CT molecular complexity index is 444. The molecular weight excluding hydrogens is 206 g/mol. The van der Waals surface area contributed by atoms with E-state index in [9.17, 15) is 9.59 Å². The van der Waals surface area contributed by atoms with Gasteiger partial charge in [0.05, 0.1) is 23.8 Å². The van der Waals surface area contributed by atoms with Gasteiger partial charge in [0.1, 0.15) is 6.10 Å². The summed E-state index contributed by atoms with van der Waals surface area (Å²) in [6.45, 7) is 2.48. The van der Waals surface area contributed by atoms with Gasteiger partial charge in [-0.2, -0.15) is 0 Å². The number of benzene rings is 1. The molecule has 0 N–H and O–H groups in total. The fraction of sp³-hybridized carbons (Fsp3) is 0.333. The van der Waals surface area contributed by atoms with Crippen molar-refractivity contribution >= 4 is 11.8 Å². The van der Waals surface area contributed by atoms with E-state index in [1.165, 1.54) is 4.90 Å². The van der Waals surface area contributed by atoms with Crippen LogP contribution in [0.2, 0.25) is 0 Å². The number of fused-ring (bicyclic) bond motifs is 1. The van der Waals surface area contributed by atoms with Gasteiger partial charge in [-0.3, -0.25) is 14.5 Å². The number of imide groups is 1. The molecule has 2 atom stereocenters. The average Bonchev–Trinajstić information content (AvgIpc) is 3.09. The van der Waals surface area contributed by atoms with Crippen molar-refractivity contribution in [1.29, 1.82) is 0 Å². The maximum Gasteiger partial charge on any atom is 0.261 e. The van der Waals surface area contributed by atoms with E-state index in [0.717, 1.165) is 0 Å². The van der Waals surface area contributed by atoms with Crippen LogP contribution in [0.4, 0.5) is 0 Å². The van der Waals surface area contributed by atoms with Gasteiger partial charge >= 0.3 is 0 Å². The average molecular weight is 217 g/mol. The van der Waals surface area contributed by atoms with Crippen LogP contribution < -0.4 is 0 Å². The first-order valence-electron chi connectivity index (χ1n) is 5.28. The van der Waals surface area contributed by atoms with Crippen LogP contribution in [0.25, 0.3) is 0 Å². The third kappa shape index (κ3) is 1.20. The first-order chi connectivity index (χ1) is 7.70. The second-order valence-electron chi connectivity index (χ2n) is 4.14. The highest BCUT2D eigenvalue weighted by atomic mass is 16.6. The van der Waals surface area contributed by atoms with Crippen molar-refractivity contribution in [3.8, 4) is 0 Å². The predicted molar refractivity (Wildman–Crippen MR) is 56.1 cm³/mol. The quantitative estimate of drug-likeness (QED) is 0.550. The molecule has 0 aliphatic carbocycles. The highest BCUT2D eigenvalue weighted by Crippen LogP contribution is 2.28. The van der Waals surface area contributed by atoms with Crippen molar-refractivity contribution < 1.29 is 14.3 Å². The second-order valence-corrected chi connectivity index (χ2v) is 4.14. The van der Waals surface area contributed by atoms with E-state index in [1.807, 2.05) is 6.92 Å². The van der Waals surface area contributed by atoms with Gasteiger partial charge in [0.15, 0.2) is 0 Å². The highest BCUT2D eigenvalue weighted by Gasteiger charge is 2.44. The lowest BCUT2D eigenvalue weighted by atomic mass is 10.1. The molecule has 0 saturated carbocycles. The molecule has 4 nitrogen and oxygen atoms in total. The van der Waals surface area contributed by atoms with Gasteiger partial charge in [0.2, 0.25) is 0 Å². The summed E-state index contributed by atoms with van der Waals surface area (Å²) in [5.41, 5.74) is 1.00. The van der Waals surface area contributed by atoms with E-state index in [-0.39, 0.29) is 24.0 Å². The Morgan fingerprint density at radius 1 is 1.25 bits per heavy atom. The number of amides is 2. The SMILES string of the molecule is C[C@@H]([C@@H]1CO1)N1C(=O)c2ccccc2C1=O. The normalized spacial score (nSPS) is 24.6. The monoisotopic (exact) mass is 217 g/mol. The zero-order chi connectivity index (χ0) is 11.3. The summed E-state index contributed by atoms with van der Waals surface area (Å²) in [5, 5.41) is 0. The van der Waals surface area contributed by atoms with E-state index in [1.54, 1.807) is 24.3 Å².